The van der Waals surface area contributed by atoms with Crippen LogP contribution in [0.1, 0.15) is 12.0 Å². The third-order valence-electron chi connectivity index (χ3n) is 2.18. The van der Waals surface area contributed by atoms with Gasteiger partial charge in [-0.2, -0.15) is 5.10 Å². The molecule has 1 heterocycles. The number of nitrogens with two attached hydrogens (primary N) is 1. The van der Waals surface area contributed by atoms with Crippen molar-refractivity contribution in [2.75, 3.05) is 6.54 Å². The molecule has 68 valence electrons. The average Bonchev–Trinajstić information content (AvgIpc) is 2.61. The molecule has 0 aliphatic rings. The first-order chi connectivity index (χ1) is 6.40. The van der Waals surface area contributed by atoms with E-state index < -0.39 is 0 Å². The number of aromatic nitrogens is 2. The summed E-state index contributed by atoms with van der Waals surface area (Å²) in [5, 5.41) is 8.09. The van der Waals surface area contributed by atoms with Gasteiger partial charge in [0, 0.05) is 5.39 Å². The third kappa shape index (κ3) is 1.70. The lowest BCUT2D eigenvalue weighted by Crippen LogP contribution is -2.00. The van der Waals surface area contributed by atoms with Crippen molar-refractivity contribution in [3.8, 4) is 0 Å². The number of benzene rings is 1. The smallest absolute Gasteiger partial charge is 0.0653 e. The van der Waals surface area contributed by atoms with Gasteiger partial charge in [-0.15, -0.1) is 0 Å². The summed E-state index contributed by atoms with van der Waals surface area (Å²) < 4.78 is 0. The topological polar surface area (TPSA) is 54.7 Å². The van der Waals surface area contributed by atoms with Crippen molar-refractivity contribution in [2.45, 2.75) is 12.8 Å². The Morgan fingerprint density at radius 3 is 3.15 bits per heavy atom. The molecular weight excluding hydrogens is 162 g/mol. The van der Waals surface area contributed by atoms with Crippen molar-refractivity contribution in [2.24, 2.45) is 5.73 Å². The van der Waals surface area contributed by atoms with Crippen LogP contribution in [0.5, 0.6) is 0 Å². The molecule has 0 spiro atoms. The number of fused-ring (bicyclic) bond motifs is 1. The first-order valence-corrected chi connectivity index (χ1v) is 4.52. The number of aromatic amines is 1. The maximum atomic E-state index is 5.45. The predicted molar refractivity (Wildman–Crippen MR) is 53.5 cm³/mol. The molecule has 3 heteroatoms. The summed E-state index contributed by atoms with van der Waals surface area (Å²) in [6.07, 6.45) is 3.92. The second-order valence-electron chi connectivity index (χ2n) is 3.18. The standard InChI is InChI=1S/C10H13N3/c11-5-1-2-8-3-4-9-7-12-13-10(9)6-8/h3-4,6-7H,1-2,5,11H2,(H,12,13). The van der Waals surface area contributed by atoms with Crippen molar-refractivity contribution < 1.29 is 0 Å². The first kappa shape index (κ1) is 8.26. The zero-order chi connectivity index (χ0) is 9.10. The van der Waals surface area contributed by atoms with Crippen LogP contribution in [0.3, 0.4) is 0 Å². The van der Waals surface area contributed by atoms with Gasteiger partial charge in [-0.3, -0.25) is 5.10 Å². The van der Waals surface area contributed by atoms with Crippen LogP contribution in [0, 0.1) is 0 Å². The number of nitrogens with zero attached hydrogens (tertiary/aromatic N) is 1. The number of rotatable bonds is 3. The van der Waals surface area contributed by atoms with E-state index in [-0.39, 0.29) is 0 Å². The van der Waals surface area contributed by atoms with E-state index in [9.17, 15) is 0 Å². The predicted octanol–water partition coefficient (Wildman–Crippen LogP) is 1.45. The summed E-state index contributed by atoms with van der Waals surface area (Å²) in [7, 11) is 0. The maximum Gasteiger partial charge on any atom is 0.0653 e. The normalized spacial score (nSPS) is 10.8. The summed E-state index contributed by atoms with van der Waals surface area (Å²) in [4.78, 5) is 0. The molecule has 0 fully saturated rings. The zero-order valence-corrected chi connectivity index (χ0v) is 7.46. The molecule has 3 nitrogen and oxygen atoms in total. The number of H-pyrrole nitrogens is 1. The molecule has 2 aromatic rings. The Bertz CT molecular complexity index is 392. The minimum atomic E-state index is 0.751. The van der Waals surface area contributed by atoms with E-state index in [2.05, 4.69) is 28.4 Å². The third-order valence-corrected chi connectivity index (χ3v) is 2.18. The fourth-order valence-corrected chi connectivity index (χ4v) is 1.45. The van der Waals surface area contributed by atoms with Gasteiger partial charge in [-0.25, -0.2) is 0 Å². The van der Waals surface area contributed by atoms with Crippen LogP contribution in [-0.2, 0) is 6.42 Å². The molecule has 0 bridgehead atoms. The molecular formula is C10H13N3. The van der Waals surface area contributed by atoms with Crippen molar-refractivity contribution in [3.05, 3.63) is 30.0 Å². The molecule has 0 aliphatic heterocycles. The van der Waals surface area contributed by atoms with Crippen LogP contribution in [0.15, 0.2) is 24.4 Å². The molecule has 2 rings (SSSR count). The molecule has 13 heavy (non-hydrogen) atoms. The van der Waals surface area contributed by atoms with Gasteiger partial charge in [-0.1, -0.05) is 12.1 Å². The monoisotopic (exact) mass is 175 g/mol. The van der Waals surface area contributed by atoms with Crippen molar-refractivity contribution in [1.29, 1.82) is 0 Å². The van der Waals surface area contributed by atoms with Gasteiger partial charge in [0.25, 0.3) is 0 Å². The SMILES string of the molecule is NCCCc1ccc2cn[nH]c2c1. The summed E-state index contributed by atoms with van der Waals surface area (Å²) in [5.41, 5.74) is 7.88. The average molecular weight is 175 g/mol. The largest absolute Gasteiger partial charge is 0.330 e. The lowest BCUT2D eigenvalue weighted by atomic mass is 10.1. The molecule has 0 amide bonds. The second kappa shape index (κ2) is 3.58. The Morgan fingerprint density at radius 2 is 2.31 bits per heavy atom. The minimum absolute atomic E-state index is 0.751. The number of nitrogens with one attached hydrogen (secondary N) is 1. The second-order valence-corrected chi connectivity index (χ2v) is 3.18. The van der Waals surface area contributed by atoms with Gasteiger partial charge in [0.1, 0.15) is 0 Å². The lowest BCUT2D eigenvalue weighted by molar-refractivity contribution is 0.833. The zero-order valence-electron chi connectivity index (χ0n) is 7.46. The molecule has 0 saturated heterocycles. The summed E-state index contributed by atoms with van der Waals surface area (Å²) in [6, 6.07) is 6.36. The number of hydrogen-bond donors (Lipinski definition) is 2. The maximum absolute atomic E-state index is 5.45. The summed E-state index contributed by atoms with van der Waals surface area (Å²) in [5.74, 6) is 0. The number of aryl methyl sites for hydroxylation is 1. The van der Waals surface area contributed by atoms with E-state index in [0.717, 1.165) is 30.3 Å². The van der Waals surface area contributed by atoms with Gasteiger partial charge in [0.05, 0.1) is 11.7 Å². The molecule has 0 unspecified atom stereocenters. The van der Waals surface area contributed by atoms with Gasteiger partial charge >= 0.3 is 0 Å². The van der Waals surface area contributed by atoms with E-state index in [1.54, 1.807) is 0 Å². The van der Waals surface area contributed by atoms with E-state index >= 15 is 0 Å². The quantitative estimate of drug-likeness (QED) is 0.741. The molecule has 3 N–H and O–H groups in total. The Morgan fingerprint density at radius 1 is 1.38 bits per heavy atom. The summed E-state index contributed by atoms with van der Waals surface area (Å²) in [6.45, 7) is 0.751. The van der Waals surface area contributed by atoms with Crippen LogP contribution < -0.4 is 5.73 Å². The molecule has 0 aliphatic carbocycles. The van der Waals surface area contributed by atoms with Crippen molar-refractivity contribution >= 4 is 10.9 Å². The Kier molecular flexibility index (Phi) is 2.27. The molecule has 0 radical (unpaired) electrons. The highest BCUT2D eigenvalue weighted by molar-refractivity contribution is 5.78. The highest BCUT2D eigenvalue weighted by Gasteiger charge is 1.97. The van der Waals surface area contributed by atoms with Gasteiger partial charge < -0.3 is 5.73 Å². The Hall–Kier alpha value is -1.35. The van der Waals surface area contributed by atoms with E-state index in [1.165, 1.54) is 5.56 Å². The Labute approximate surface area is 76.9 Å². The fourth-order valence-electron chi connectivity index (χ4n) is 1.45. The molecule has 1 aromatic heterocycles. The lowest BCUT2D eigenvalue weighted by Gasteiger charge is -1.98. The minimum Gasteiger partial charge on any atom is -0.330 e. The van der Waals surface area contributed by atoms with Crippen molar-refractivity contribution in [1.82, 2.24) is 10.2 Å². The van der Waals surface area contributed by atoms with Gasteiger partial charge in [-0.05, 0) is 31.0 Å². The van der Waals surface area contributed by atoms with Crippen molar-refractivity contribution in [3.63, 3.8) is 0 Å². The van der Waals surface area contributed by atoms with Gasteiger partial charge in [0.15, 0.2) is 0 Å². The Balaban J connectivity index is 2.26. The summed E-state index contributed by atoms with van der Waals surface area (Å²) >= 11 is 0. The van der Waals surface area contributed by atoms with Crippen LogP contribution in [-0.4, -0.2) is 16.7 Å². The van der Waals surface area contributed by atoms with Gasteiger partial charge in [0.2, 0.25) is 0 Å². The van der Waals surface area contributed by atoms with E-state index in [4.69, 9.17) is 5.73 Å². The highest BCUT2D eigenvalue weighted by atomic mass is 15.1. The molecule has 1 aromatic carbocycles. The number of hydrogen-bond acceptors (Lipinski definition) is 2. The highest BCUT2D eigenvalue weighted by Crippen LogP contribution is 2.13. The molecule has 0 atom stereocenters. The van der Waals surface area contributed by atoms with Crippen LogP contribution >= 0.6 is 0 Å². The molecule has 0 saturated carbocycles. The van der Waals surface area contributed by atoms with Crippen LogP contribution in [0.4, 0.5) is 0 Å². The van der Waals surface area contributed by atoms with E-state index in [1.807, 2.05) is 6.20 Å². The van der Waals surface area contributed by atoms with Crippen LogP contribution in [0.2, 0.25) is 0 Å². The fraction of sp³-hybridized carbons (Fsp3) is 0.300. The first-order valence-electron chi connectivity index (χ1n) is 4.52. The van der Waals surface area contributed by atoms with Crippen LogP contribution in [0.25, 0.3) is 10.9 Å². The van der Waals surface area contributed by atoms with E-state index in [0.29, 0.717) is 0 Å².